The number of Topliss-reactive ketones (excluding diaryl/α,β-unsaturated/α-hetero) is 1. The number of hydrogen-bond acceptors (Lipinski definition) is 3. The standard InChI is InChI=1S/C17H22F3NO3/c1-16(2,3)24-15(23)21-14(17(18,19)20)11-7-10-13(22)12-8-5-4-6-9-12/h4-6,8-9,14H,7,10-11H2,1-3H3,(H,21,23). The van der Waals surface area contributed by atoms with E-state index < -0.39 is 23.9 Å². The van der Waals surface area contributed by atoms with Crippen LogP contribution in [0.5, 0.6) is 0 Å². The summed E-state index contributed by atoms with van der Waals surface area (Å²) in [6.45, 7) is 4.69. The molecule has 1 aromatic rings. The van der Waals surface area contributed by atoms with Gasteiger partial charge in [0, 0.05) is 12.0 Å². The van der Waals surface area contributed by atoms with Crippen molar-refractivity contribution in [3.05, 3.63) is 35.9 Å². The van der Waals surface area contributed by atoms with E-state index in [1.807, 2.05) is 5.32 Å². The molecule has 0 aliphatic carbocycles. The maximum atomic E-state index is 13.0. The summed E-state index contributed by atoms with van der Waals surface area (Å²) in [5.74, 6) is -0.228. The van der Waals surface area contributed by atoms with E-state index in [4.69, 9.17) is 4.74 Å². The van der Waals surface area contributed by atoms with Crippen LogP contribution in [0.2, 0.25) is 0 Å². The van der Waals surface area contributed by atoms with Crippen LogP contribution in [0.3, 0.4) is 0 Å². The van der Waals surface area contributed by atoms with Crippen LogP contribution in [0, 0.1) is 0 Å². The predicted molar refractivity (Wildman–Crippen MR) is 83.8 cm³/mol. The maximum Gasteiger partial charge on any atom is 0.408 e. The number of carbonyl (C=O) groups is 2. The molecular formula is C17H22F3NO3. The molecule has 1 amide bonds. The third kappa shape index (κ3) is 7.48. The summed E-state index contributed by atoms with van der Waals surface area (Å²) in [5.41, 5.74) is -0.426. The summed E-state index contributed by atoms with van der Waals surface area (Å²) in [6.07, 6.45) is -6.13. The normalized spacial score (nSPS) is 13.2. The summed E-state index contributed by atoms with van der Waals surface area (Å²) in [7, 11) is 0. The van der Waals surface area contributed by atoms with Gasteiger partial charge in [-0.25, -0.2) is 4.79 Å². The van der Waals surface area contributed by atoms with Gasteiger partial charge in [0.1, 0.15) is 11.6 Å². The number of ether oxygens (including phenoxy) is 1. The SMILES string of the molecule is CC(C)(C)OC(=O)NC(CCCC(=O)c1ccccc1)C(F)(F)F. The molecule has 0 radical (unpaired) electrons. The van der Waals surface area contributed by atoms with Crippen molar-refractivity contribution in [2.24, 2.45) is 0 Å². The highest BCUT2D eigenvalue weighted by Crippen LogP contribution is 2.25. The van der Waals surface area contributed by atoms with Gasteiger partial charge < -0.3 is 10.1 Å². The van der Waals surface area contributed by atoms with Gasteiger partial charge in [-0.05, 0) is 33.6 Å². The van der Waals surface area contributed by atoms with Crippen molar-refractivity contribution in [3.8, 4) is 0 Å². The minimum absolute atomic E-state index is 0.00764. The van der Waals surface area contributed by atoms with Gasteiger partial charge in [0.25, 0.3) is 0 Å². The van der Waals surface area contributed by atoms with E-state index in [1.165, 1.54) is 0 Å². The molecule has 0 aliphatic rings. The third-order valence-electron chi connectivity index (χ3n) is 3.08. The predicted octanol–water partition coefficient (Wildman–Crippen LogP) is 4.50. The molecule has 0 heterocycles. The van der Waals surface area contributed by atoms with Crippen molar-refractivity contribution < 1.29 is 27.5 Å². The second-order valence-corrected chi connectivity index (χ2v) is 6.42. The third-order valence-corrected chi connectivity index (χ3v) is 3.08. The lowest BCUT2D eigenvalue weighted by molar-refractivity contribution is -0.156. The van der Waals surface area contributed by atoms with Crippen LogP contribution in [0.4, 0.5) is 18.0 Å². The molecule has 1 atom stereocenters. The molecule has 1 rings (SSSR count). The van der Waals surface area contributed by atoms with Gasteiger partial charge in [-0.15, -0.1) is 0 Å². The van der Waals surface area contributed by atoms with E-state index in [9.17, 15) is 22.8 Å². The number of hydrogen-bond donors (Lipinski definition) is 1. The van der Waals surface area contributed by atoms with Gasteiger partial charge in [-0.2, -0.15) is 13.2 Å². The van der Waals surface area contributed by atoms with E-state index in [2.05, 4.69) is 0 Å². The number of carbonyl (C=O) groups excluding carboxylic acids is 2. The number of alkyl halides is 3. The maximum absolute atomic E-state index is 13.0. The van der Waals surface area contributed by atoms with E-state index in [0.717, 1.165) is 0 Å². The first kappa shape index (κ1) is 20.0. The molecule has 0 saturated carbocycles. The van der Waals surface area contributed by atoms with Crippen molar-refractivity contribution in [2.75, 3.05) is 0 Å². The van der Waals surface area contributed by atoms with Crippen LogP contribution in [-0.2, 0) is 4.74 Å². The largest absolute Gasteiger partial charge is 0.444 e. The average Bonchev–Trinajstić information content (AvgIpc) is 2.44. The zero-order valence-electron chi connectivity index (χ0n) is 13.9. The molecule has 1 N–H and O–H groups in total. The minimum atomic E-state index is -4.60. The first-order valence-electron chi connectivity index (χ1n) is 7.63. The van der Waals surface area contributed by atoms with Crippen molar-refractivity contribution >= 4 is 11.9 Å². The van der Waals surface area contributed by atoms with E-state index in [0.29, 0.717) is 5.56 Å². The highest BCUT2D eigenvalue weighted by Gasteiger charge is 2.41. The summed E-state index contributed by atoms with van der Waals surface area (Å²) in [6, 6.07) is 6.31. The van der Waals surface area contributed by atoms with Crippen molar-refractivity contribution in [1.82, 2.24) is 5.32 Å². The molecule has 134 valence electrons. The number of amides is 1. The second-order valence-electron chi connectivity index (χ2n) is 6.42. The van der Waals surface area contributed by atoms with Crippen LogP contribution in [-0.4, -0.2) is 29.7 Å². The Bertz CT molecular complexity index is 550. The lowest BCUT2D eigenvalue weighted by Gasteiger charge is -2.25. The Kier molecular flexibility index (Phi) is 6.81. The monoisotopic (exact) mass is 345 g/mol. The molecule has 7 heteroatoms. The molecule has 4 nitrogen and oxygen atoms in total. The summed E-state index contributed by atoms with van der Waals surface area (Å²) in [4.78, 5) is 23.4. The fraction of sp³-hybridized carbons (Fsp3) is 0.529. The molecule has 1 unspecified atom stereocenters. The van der Waals surface area contributed by atoms with E-state index in [-0.39, 0.29) is 25.0 Å². The lowest BCUT2D eigenvalue weighted by Crippen LogP contribution is -2.47. The van der Waals surface area contributed by atoms with Gasteiger partial charge in [0.05, 0.1) is 0 Å². The number of rotatable bonds is 6. The number of nitrogens with one attached hydrogen (secondary N) is 1. The zero-order chi connectivity index (χ0) is 18.4. The highest BCUT2D eigenvalue weighted by molar-refractivity contribution is 5.95. The lowest BCUT2D eigenvalue weighted by atomic mass is 10.0. The number of benzene rings is 1. The van der Waals surface area contributed by atoms with Gasteiger partial charge in [0.2, 0.25) is 0 Å². The van der Waals surface area contributed by atoms with E-state index >= 15 is 0 Å². The molecule has 0 aromatic heterocycles. The molecule has 0 fully saturated rings. The van der Waals surface area contributed by atoms with Crippen LogP contribution in [0.25, 0.3) is 0 Å². The quantitative estimate of drug-likeness (QED) is 0.773. The summed E-state index contributed by atoms with van der Waals surface area (Å²) < 4.78 is 43.9. The van der Waals surface area contributed by atoms with Crippen LogP contribution >= 0.6 is 0 Å². The molecule has 0 aliphatic heterocycles. The number of ketones is 1. The van der Waals surface area contributed by atoms with Crippen molar-refractivity contribution in [2.45, 2.75) is 57.9 Å². The molecule has 24 heavy (non-hydrogen) atoms. The number of alkyl carbamates (subject to hydrolysis) is 1. The number of halogens is 3. The second kappa shape index (κ2) is 8.17. The minimum Gasteiger partial charge on any atom is -0.444 e. The summed E-state index contributed by atoms with van der Waals surface area (Å²) >= 11 is 0. The van der Waals surface area contributed by atoms with Crippen LogP contribution in [0.15, 0.2) is 30.3 Å². The summed E-state index contributed by atoms with van der Waals surface area (Å²) in [5, 5.41) is 1.83. The smallest absolute Gasteiger partial charge is 0.408 e. The highest BCUT2D eigenvalue weighted by atomic mass is 19.4. The fourth-order valence-corrected chi connectivity index (χ4v) is 2.00. The Morgan fingerprint density at radius 3 is 2.21 bits per heavy atom. The first-order valence-corrected chi connectivity index (χ1v) is 7.63. The van der Waals surface area contributed by atoms with Crippen LogP contribution in [0.1, 0.15) is 50.4 Å². The Morgan fingerprint density at radius 2 is 1.71 bits per heavy atom. The molecular weight excluding hydrogens is 323 g/mol. The molecule has 0 bridgehead atoms. The Balaban J connectivity index is 2.55. The van der Waals surface area contributed by atoms with Gasteiger partial charge in [-0.1, -0.05) is 30.3 Å². The van der Waals surface area contributed by atoms with Crippen LogP contribution < -0.4 is 5.32 Å². The Labute approximate surface area is 139 Å². The topological polar surface area (TPSA) is 55.4 Å². The molecule has 1 aromatic carbocycles. The first-order chi connectivity index (χ1) is 11.0. The van der Waals surface area contributed by atoms with Gasteiger partial charge >= 0.3 is 12.3 Å². The average molecular weight is 345 g/mol. The van der Waals surface area contributed by atoms with Crippen molar-refractivity contribution in [3.63, 3.8) is 0 Å². The molecule has 0 saturated heterocycles. The molecule has 0 spiro atoms. The van der Waals surface area contributed by atoms with Crippen molar-refractivity contribution in [1.29, 1.82) is 0 Å². The Hall–Kier alpha value is -2.05. The Morgan fingerprint density at radius 1 is 1.12 bits per heavy atom. The van der Waals surface area contributed by atoms with E-state index in [1.54, 1.807) is 51.1 Å². The van der Waals surface area contributed by atoms with Gasteiger partial charge in [0.15, 0.2) is 5.78 Å². The fourth-order valence-electron chi connectivity index (χ4n) is 2.00. The zero-order valence-corrected chi connectivity index (χ0v) is 13.9. The van der Waals surface area contributed by atoms with Gasteiger partial charge in [-0.3, -0.25) is 4.79 Å².